The maximum atomic E-state index is 14.0. The summed E-state index contributed by atoms with van der Waals surface area (Å²) in [5, 5.41) is 11.9. The van der Waals surface area contributed by atoms with Gasteiger partial charge < -0.3 is 10.4 Å². The van der Waals surface area contributed by atoms with Gasteiger partial charge in [0.05, 0.1) is 18.4 Å². The fourth-order valence-corrected chi connectivity index (χ4v) is 2.67. The predicted molar refractivity (Wildman–Crippen MR) is 74.7 cm³/mol. The van der Waals surface area contributed by atoms with Crippen LogP contribution in [0.25, 0.3) is 0 Å². The van der Waals surface area contributed by atoms with E-state index in [4.69, 9.17) is 5.11 Å². The average Bonchev–Trinajstić information content (AvgIpc) is 2.48. The lowest BCUT2D eigenvalue weighted by Crippen LogP contribution is -2.19. The molecule has 5 nitrogen and oxygen atoms in total. The summed E-state index contributed by atoms with van der Waals surface area (Å²) in [5.74, 6) is -0.899. The molecule has 1 aromatic heterocycles. The highest BCUT2D eigenvalue weighted by Crippen LogP contribution is 2.33. The van der Waals surface area contributed by atoms with Crippen molar-refractivity contribution < 1.29 is 14.3 Å². The molecule has 108 valence electrons. The van der Waals surface area contributed by atoms with Gasteiger partial charge in [0, 0.05) is 5.56 Å². The maximum Gasteiger partial charge on any atom is 0.356 e. The molecular weight excluding hydrogens is 273 g/mol. The standard InChI is InChI=1S/C15H14FN3O2/c16-10-5-1-3-9-4-2-6-11(14(9)10)19-13-8-17-12(7-18-13)15(20)21/h1,3,5,7-8,11H,2,4,6H2,(H,18,19)(H,20,21). The number of anilines is 1. The fraction of sp³-hybridized carbons (Fsp3) is 0.267. The molecule has 2 aromatic rings. The van der Waals surface area contributed by atoms with Crippen LogP contribution in [0.2, 0.25) is 0 Å². The van der Waals surface area contributed by atoms with E-state index in [-0.39, 0.29) is 17.6 Å². The first kappa shape index (κ1) is 13.5. The summed E-state index contributed by atoms with van der Waals surface area (Å²) in [4.78, 5) is 18.6. The molecule has 0 fully saturated rings. The summed E-state index contributed by atoms with van der Waals surface area (Å²) in [6, 6.07) is 4.95. The molecule has 0 spiro atoms. The Morgan fingerprint density at radius 2 is 2.19 bits per heavy atom. The molecular formula is C15H14FN3O2. The molecule has 0 bridgehead atoms. The molecule has 6 heteroatoms. The van der Waals surface area contributed by atoms with Crippen LogP contribution >= 0.6 is 0 Å². The molecule has 1 aliphatic rings. The van der Waals surface area contributed by atoms with E-state index in [1.807, 2.05) is 6.07 Å². The van der Waals surface area contributed by atoms with E-state index in [2.05, 4.69) is 15.3 Å². The maximum absolute atomic E-state index is 14.0. The largest absolute Gasteiger partial charge is 0.476 e. The second-order valence-corrected chi connectivity index (χ2v) is 4.99. The number of aryl methyl sites for hydroxylation is 1. The first-order valence-electron chi connectivity index (χ1n) is 6.74. The topological polar surface area (TPSA) is 75.1 Å². The summed E-state index contributed by atoms with van der Waals surface area (Å²) >= 11 is 0. The van der Waals surface area contributed by atoms with Gasteiger partial charge in [-0.3, -0.25) is 0 Å². The molecule has 1 heterocycles. The number of benzene rings is 1. The van der Waals surface area contributed by atoms with Crippen molar-refractivity contribution in [2.24, 2.45) is 0 Å². The smallest absolute Gasteiger partial charge is 0.356 e. The zero-order chi connectivity index (χ0) is 14.8. The minimum Gasteiger partial charge on any atom is -0.476 e. The zero-order valence-corrected chi connectivity index (χ0v) is 11.2. The van der Waals surface area contributed by atoms with Gasteiger partial charge in [-0.05, 0) is 30.9 Å². The summed E-state index contributed by atoms with van der Waals surface area (Å²) < 4.78 is 14.0. The highest BCUT2D eigenvalue weighted by Gasteiger charge is 2.23. The summed E-state index contributed by atoms with van der Waals surface area (Å²) in [6.45, 7) is 0. The Morgan fingerprint density at radius 1 is 1.33 bits per heavy atom. The van der Waals surface area contributed by atoms with Gasteiger partial charge in [-0.25, -0.2) is 19.2 Å². The van der Waals surface area contributed by atoms with Gasteiger partial charge in [0.1, 0.15) is 11.6 Å². The van der Waals surface area contributed by atoms with Gasteiger partial charge in [0.25, 0.3) is 0 Å². The van der Waals surface area contributed by atoms with Crippen LogP contribution in [0.1, 0.15) is 40.5 Å². The Labute approximate surface area is 120 Å². The second kappa shape index (κ2) is 5.47. The Hall–Kier alpha value is -2.50. The van der Waals surface area contributed by atoms with E-state index in [1.54, 1.807) is 6.07 Å². The van der Waals surface area contributed by atoms with Gasteiger partial charge in [0.2, 0.25) is 0 Å². The lowest BCUT2D eigenvalue weighted by molar-refractivity contribution is 0.0690. The number of aromatic carboxylic acids is 1. The highest BCUT2D eigenvalue weighted by molar-refractivity contribution is 5.84. The van der Waals surface area contributed by atoms with Gasteiger partial charge in [-0.2, -0.15) is 0 Å². The molecule has 1 aliphatic carbocycles. The van der Waals surface area contributed by atoms with Crippen LogP contribution < -0.4 is 5.32 Å². The third kappa shape index (κ3) is 2.69. The van der Waals surface area contributed by atoms with Crippen molar-refractivity contribution in [3.8, 4) is 0 Å². The quantitative estimate of drug-likeness (QED) is 0.908. The number of halogens is 1. The molecule has 21 heavy (non-hydrogen) atoms. The van der Waals surface area contributed by atoms with Crippen molar-refractivity contribution in [3.05, 3.63) is 53.2 Å². The van der Waals surface area contributed by atoms with Crippen molar-refractivity contribution in [3.63, 3.8) is 0 Å². The lowest BCUT2D eigenvalue weighted by atomic mass is 9.87. The van der Waals surface area contributed by atoms with Gasteiger partial charge >= 0.3 is 5.97 Å². The van der Waals surface area contributed by atoms with Crippen LogP contribution in [-0.4, -0.2) is 21.0 Å². The highest BCUT2D eigenvalue weighted by atomic mass is 19.1. The summed E-state index contributed by atoms with van der Waals surface area (Å²) in [7, 11) is 0. The number of carboxylic acid groups (broad SMARTS) is 1. The molecule has 2 N–H and O–H groups in total. The lowest BCUT2D eigenvalue weighted by Gasteiger charge is -2.27. The Morgan fingerprint density at radius 3 is 2.90 bits per heavy atom. The third-order valence-electron chi connectivity index (χ3n) is 3.62. The van der Waals surface area contributed by atoms with Crippen LogP contribution in [0.15, 0.2) is 30.6 Å². The number of hydrogen-bond acceptors (Lipinski definition) is 4. The molecule has 1 atom stereocenters. The number of aromatic nitrogens is 2. The molecule has 0 saturated heterocycles. The number of fused-ring (bicyclic) bond motifs is 1. The minimum absolute atomic E-state index is 0.115. The number of carboxylic acids is 1. The first-order valence-corrected chi connectivity index (χ1v) is 6.74. The SMILES string of the molecule is O=C(O)c1cnc(NC2CCCc3cccc(F)c32)cn1. The molecule has 0 aliphatic heterocycles. The Kier molecular flexibility index (Phi) is 3.51. The van der Waals surface area contributed by atoms with Crippen LogP contribution in [0, 0.1) is 5.82 Å². The Bertz CT molecular complexity index is 673. The van der Waals surface area contributed by atoms with Crippen molar-refractivity contribution in [2.45, 2.75) is 25.3 Å². The van der Waals surface area contributed by atoms with E-state index >= 15 is 0 Å². The summed E-state index contributed by atoms with van der Waals surface area (Å²) in [6.07, 6.45) is 5.19. The van der Waals surface area contributed by atoms with Crippen LogP contribution in [0.5, 0.6) is 0 Å². The van der Waals surface area contributed by atoms with E-state index in [0.29, 0.717) is 11.4 Å². The van der Waals surface area contributed by atoms with Crippen LogP contribution in [0.4, 0.5) is 10.2 Å². The third-order valence-corrected chi connectivity index (χ3v) is 3.62. The van der Waals surface area contributed by atoms with Crippen LogP contribution in [-0.2, 0) is 6.42 Å². The van der Waals surface area contributed by atoms with E-state index in [0.717, 1.165) is 24.8 Å². The second-order valence-electron chi connectivity index (χ2n) is 4.99. The van der Waals surface area contributed by atoms with E-state index in [9.17, 15) is 9.18 Å². The van der Waals surface area contributed by atoms with Crippen molar-refractivity contribution in [1.29, 1.82) is 0 Å². The van der Waals surface area contributed by atoms with Crippen LogP contribution in [0.3, 0.4) is 0 Å². The zero-order valence-electron chi connectivity index (χ0n) is 11.2. The van der Waals surface area contributed by atoms with Gasteiger partial charge in [-0.1, -0.05) is 12.1 Å². The number of hydrogen-bond donors (Lipinski definition) is 2. The van der Waals surface area contributed by atoms with Gasteiger partial charge in [0.15, 0.2) is 5.69 Å². The van der Waals surface area contributed by atoms with E-state index in [1.165, 1.54) is 18.5 Å². The van der Waals surface area contributed by atoms with E-state index < -0.39 is 5.97 Å². The molecule has 3 rings (SSSR count). The number of nitrogens with zero attached hydrogens (tertiary/aromatic N) is 2. The number of rotatable bonds is 3. The molecule has 1 unspecified atom stereocenters. The summed E-state index contributed by atoms with van der Waals surface area (Å²) in [5.41, 5.74) is 1.57. The minimum atomic E-state index is -1.12. The monoisotopic (exact) mass is 287 g/mol. The molecule has 1 aromatic carbocycles. The number of carbonyl (C=O) groups is 1. The first-order chi connectivity index (χ1) is 10.1. The molecule has 0 amide bonds. The molecule has 0 saturated carbocycles. The van der Waals surface area contributed by atoms with Crippen molar-refractivity contribution in [1.82, 2.24) is 9.97 Å². The fourth-order valence-electron chi connectivity index (χ4n) is 2.67. The van der Waals surface area contributed by atoms with Crippen molar-refractivity contribution >= 4 is 11.8 Å². The predicted octanol–water partition coefficient (Wildman–Crippen LogP) is 2.80. The number of nitrogens with one attached hydrogen (secondary N) is 1. The average molecular weight is 287 g/mol. The van der Waals surface area contributed by atoms with Gasteiger partial charge in [-0.15, -0.1) is 0 Å². The molecule has 0 radical (unpaired) electrons. The van der Waals surface area contributed by atoms with Crippen molar-refractivity contribution in [2.75, 3.05) is 5.32 Å². The normalized spacial score (nSPS) is 17.1. The Balaban J connectivity index is 1.85.